The van der Waals surface area contributed by atoms with E-state index in [1.165, 1.54) is 12.1 Å². The van der Waals surface area contributed by atoms with E-state index >= 15 is 0 Å². The van der Waals surface area contributed by atoms with Crippen molar-refractivity contribution < 1.29 is 17.9 Å². The first-order chi connectivity index (χ1) is 7.93. The molecule has 1 atom stereocenters. The summed E-state index contributed by atoms with van der Waals surface area (Å²) >= 11 is 0. The summed E-state index contributed by atoms with van der Waals surface area (Å²) in [6.07, 6.45) is -2.52. The summed E-state index contributed by atoms with van der Waals surface area (Å²) in [5.41, 5.74) is 5.05. The van der Waals surface area contributed by atoms with E-state index in [2.05, 4.69) is 0 Å². The molecular weight excluding hydrogens is 231 g/mol. The van der Waals surface area contributed by atoms with Crippen molar-refractivity contribution in [2.75, 3.05) is 6.61 Å². The number of rotatable bonds is 5. The van der Waals surface area contributed by atoms with Gasteiger partial charge >= 0.3 is 6.18 Å². The average Bonchev–Trinajstić information content (AvgIpc) is 2.26. The molecule has 0 aliphatic carbocycles. The van der Waals surface area contributed by atoms with Gasteiger partial charge in [-0.25, -0.2) is 0 Å². The second-order valence-electron chi connectivity index (χ2n) is 3.88. The van der Waals surface area contributed by atoms with Crippen molar-refractivity contribution in [3.8, 4) is 5.75 Å². The number of hydrogen-bond donors (Lipinski definition) is 1. The van der Waals surface area contributed by atoms with Crippen LogP contribution in [0, 0.1) is 0 Å². The van der Waals surface area contributed by atoms with Crippen LogP contribution >= 0.6 is 0 Å². The molecule has 2 N–H and O–H groups in total. The van der Waals surface area contributed by atoms with Crippen LogP contribution in [0.25, 0.3) is 0 Å². The van der Waals surface area contributed by atoms with Crippen LogP contribution in [-0.4, -0.2) is 12.6 Å². The number of alkyl halides is 3. The van der Waals surface area contributed by atoms with Crippen LogP contribution in [0.15, 0.2) is 24.3 Å². The van der Waals surface area contributed by atoms with E-state index in [1.807, 2.05) is 6.92 Å². The van der Waals surface area contributed by atoms with E-state index in [9.17, 15) is 13.2 Å². The zero-order valence-electron chi connectivity index (χ0n) is 9.63. The molecule has 0 amide bonds. The molecule has 1 aromatic rings. The van der Waals surface area contributed by atoms with Gasteiger partial charge in [0.05, 0.1) is 5.56 Å². The standard InChI is InChI=1S/C12H16F3NO/c1-2-3-10(16)8-17-11-6-4-9(5-7-11)12(13,14)15/h4-7,10H,2-3,8,16H2,1H3. The second-order valence-corrected chi connectivity index (χ2v) is 3.88. The maximum atomic E-state index is 12.3. The summed E-state index contributed by atoms with van der Waals surface area (Å²) in [5.74, 6) is 0.407. The van der Waals surface area contributed by atoms with Gasteiger partial charge in [0.25, 0.3) is 0 Å². The van der Waals surface area contributed by atoms with Crippen LogP contribution in [0.2, 0.25) is 0 Å². The minimum absolute atomic E-state index is 0.0812. The SMILES string of the molecule is CCCC(N)COc1ccc(C(F)(F)F)cc1. The fourth-order valence-corrected chi connectivity index (χ4v) is 1.40. The predicted octanol–water partition coefficient (Wildman–Crippen LogP) is 3.21. The summed E-state index contributed by atoms with van der Waals surface area (Å²) in [6.45, 7) is 2.33. The van der Waals surface area contributed by atoms with E-state index in [1.54, 1.807) is 0 Å². The van der Waals surface area contributed by atoms with Crippen molar-refractivity contribution in [3.63, 3.8) is 0 Å². The van der Waals surface area contributed by atoms with Gasteiger partial charge in [-0.2, -0.15) is 13.2 Å². The summed E-state index contributed by atoms with van der Waals surface area (Å²) in [6, 6.07) is 4.53. The van der Waals surface area contributed by atoms with E-state index in [0.717, 1.165) is 25.0 Å². The fraction of sp³-hybridized carbons (Fsp3) is 0.500. The lowest BCUT2D eigenvalue weighted by Gasteiger charge is -2.13. The van der Waals surface area contributed by atoms with Crippen molar-refractivity contribution in [2.45, 2.75) is 32.0 Å². The first kappa shape index (κ1) is 13.8. The van der Waals surface area contributed by atoms with Crippen molar-refractivity contribution in [2.24, 2.45) is 5.73 Å². The van der Waals surface area contributed by atoms with Crippen LogP contribution in [0.1, 0.15) is 25.3 Å². The van der Waals surface area contributed by atoms with Gasteiger partial charge in [0.2, 0.25) is 0 Å². The molecule has 0 heterocycles. The molecule has 0 aliphatic rings. The van der Waals surface area contributed by atoms with Crippen LogP contribution in [0.5, 0.6) is 5.75 Å². The number of ether oxygens (including phenoxy) is 1. The smallest absolute Gasteiger partial charge is 0.416 e. The summed E-state index contributed by atoms with van der Waals surface area (Å²) in [4.78, 5) is 0. The molecule has 0 radical (unpaired) electrons. The highest BCUT2D eigenvalue weighted by Crippen LogP contribution is 2.30. The van der Waals surface area contributed by atoms with Gasteiger partial charge < -0.3 is 10.5 Å². The Labute approximate surface area is 98.6 Å². The molecule has 0 aromatic heterocycles. The zero-order chi connectivity index (χ0) is 12.9. The highest BCUT2D eigenvalue weighted by molar-refractivity contribution is 5.28. The maximum Gasteiger partial charge on any atom is 0.416 e. The van der Waals surface area contributed by atoms with Gasteiger partial charge in [-0.05, 0) is 30.7 Å². The molecule has 0 fully saturated rings. The third-order valence-electron chi connectivity index (χ3n) is 2.31. The molecule has 2 nitrogen and oxygen atoms in total. The fourth-order valence-electron chi connectivity index (χ4n) is 1.40. The van der Waals surface area contributed by atoms with Gasteiger partial charge in [-0.15, -0.1) is 0 Å². The quantitative estimate of drug-likeness (QED) is 0.867. The lowest BCUT2D eigenvalue weighted by molar-refractivity contribution is -0.137. The summed E-state index contributed by atoms with van der Waals surface area (Å²) in [7, 11) is 0. The highest BCUT2D eigenvalue weighted by atomic mass is 19.4. The van der Waals surface area contributed by atoms with Crippen LogP contribution in [0.3, 0.4) is 0 Å². The molecule has 0 saturated heterocycles. The topological polar surface area (TPSA) is 35.2 Å². The van der Waals surface area contributed by atoms with Gasteiger partial charge in [0.15, 0.2) is 0 Å². The Morgan fingerprint density at radius 1 is 1.24 bits per heavy atom. The second kappa shape index (κ2) is 5.91. The summed E-state index contributed by atoms with van der Waals surface area (Å²) in [5, 5.41) is 0. The number of benzene rings is 1. The van der Waals surface area contributed by atoms with Gasteiger partial charge in [-0.3, -0.25) is 0 Å². The molecule has 0 aliphatic heterocycles. The molecule has 0 saturated carbocycles. The normalized spacial score (nSPS) is 13.5. The molecule has 0 spiro atoms. The van der Waals surface area contributed by atoms with Crippen molar-refractivity contribution in [1.29, 1.82) is 0 Å². The predicted molar refractivity (Wildman–Crippen MR) is 59.8 cm³/mol. The Balaban J connectivity index is 2.51. The molecule has 1 rings (SSSR count). The molecule has 1 unspecified atom stereocenters. The largest absolute Gasteiger partial charge is 0.492 e. The minimum atomic E-state index is -4.31. The minimum Gasteiger partial charge on any atom is -0.492 e. The van der Waals surface area contributed by atoms with E-state index in [-0.39, 0.29) is 6.04 Å². The first-order valence-electron chi connectivity index (χ1n) is 5.49. The van der Waals surface area contributed by atoms with Crippen molar-refractivity contribution in [3.05, 3.63) is 29.8 Å². The third kappa shape index (κ3) is 4.65. The summed E-state index contributed by atoms with van der Waals surface area (Å²) < 4.78 is 42.1. The Bertz CT molecular complexity index is 335. The highest BCUT2D eigenvalue weighted by Gasteiger charge is 2.29. The molecule has 17 heavy (non-hydrogen) atoms. The van der Waals surface area contributed by atoms with Gasteiger partial charge in [0.1, 0.15) is 12.4 Å². The van der Waals surface area contributed by atoms with Gasteiger partial charge in [-0.1, -0.05) is 13.3 Å². The lowest BCUT2D eigenvalue weighted by Crippen LogP contribution is -2.27. The van der Waals surface area contributed by atoms with Crippen molar-refractivity contribution in [1.82, 2.24) is 0 Å². The Hall–Kier alpha value is -1.23. The van der Waals surface area contributed by atoms with E-state index in [0.29, 0.717) is 12.4 Å². The van der Waals surface area contributed by atoms with Crippen LogP contribution < -0.4 is 10.5 Å². The number of nitrogens with two attached hydrogens (primary N) is 1. The zero-order valence-corrected chi connectivity index (χ0v) is 9.63. The Kier molecular flexibility index (Phi) is 4.81. The molecule has 96 valence electrons. The molecule has 5 heteroatoms. The monoisotopic (exact) mass is 247 g/mol. The van der Waals surface area contributed by atoms with Crippen molar-refractivity contribution >= 4 is 0 Å². The maximum absolute atomic E-state index is 12.3. The lowest BCUT2D eigenvalue weighted by atomic mass is 10.2. The first-order valence-corrected chi connectivity index (χ1v) is 5.49. The molecular formula is C12H16F3NO. The van der Waals surface area contributed by atoms with Crippen LogP contribution in [0.4, 0.5) is 13.2 Å². The number of hydrogen-bond acceptors (Lipinski definition) is 2. The average molecular weight is 247 g/mol. The third-order valence-corrected chi connectivity index (χ3v) is 2.31. The Morgan fingerprint density at radius 3 is 2.29 bits per heavy atom. The molecule has 1 aromatic carbocycles. The van der Waals surface area contributed by atoms with E-state index < -0.39 is 11.7 Å². The van der Waals surface area contributed by atoms with Gasteiger partial charge in [0, 0.05) is 6.04 Å². The van der Waals surface area contributed by atoms with Crippen LogP contribution in [-0.2, 0) is 6.18 Å². The van der Waals surface area contributed by atoms with E-state index in [4.69, 9.17) is 10.5 Å². The molecule has 0 bridgehead atoms. The number of halogens is 3. The Morgan fingerprint density at radius 2 is 1.82 bits per heavy atom.